The maximum Gasteiger partial charge on any atom is 0.250 e. The largest absolute Gasteiger partial charge is 0.383 e. The van der Waals surface area contributed by atoms with E-state index in [0.717, 1.165) is 6.42 Å². The Kier molecular flexibility index (Phi) is 14.0. The molecule has 0 N–H and O–H groups in total. The van der Waals surface area contributed by atoms with Gasteiger partial charge in [-0.05, 0) is 12.0 Å². The van der Waals surface area contributed by atoms with Gasteiger partial charge in [0.25, 0.3) is 5.56 Å². The van der Waals surface area contributed by atoms with E-state index in [1.165, 1.54) is 5.56 Å². The van der Waals surface area contributed by atoms with Crippen LogP contribution in [0.1, 0.15) is 40.2 Å². The lowest BCUT2D eigenvalue weighted by Crippen LogP contribution is -2.21. The van der Waals surface area contributed by atoms with Crippen molar-refractivity contribution in [3.8, 4) is 0 Å². The number of nitrogens with zero attached hydrogens (tertiary/aromatic N) is 1. The lowest BCUT2D eigenvalue weighted by molar-refractivity contribution is 0.186. The van der Waals surface area contributed by atoms with Crippen molar-refractivity contribution in [3.05, 3.63) is 34.2 Å². The molecule has 0 radical (unpaired) electrons. The highest BCUT2D eigenvalue weighted by Crippen LogP contribution is 1.96. The molecule has 1 aromatic rings. The summed E-state index contributed by atoms with van der Waals surface area (Å²) in [5.41, 5.74) is 1.21. The summed E-state index contributed by atoms with van der Waals surface area (Å²) >= 11 is 0. The smallest absolute Gasteiger partial charge is 0.250 e. The number of rotatable bonds is 4. The van der Waals surface area contributed by atoms with Gasteiger partial charge in [-0.3, -0.25) is 4.79 Å². The van der Waals surface area contributed by atoms with E-state index in [1.54, 1.807) is 17.7 Å². The van der Waals surface area contributed by atoms with E-state index in [4.69, 9.17) is 4.74 Å². The van der Waals surface area contributed by atoms with Crippen LogP contribution in [0.25, 0.3) is 0 Å². The summed E-state index contributed by atoms with van der Waals surface area (Å²) in [5, 5.41) is 0. The van der Waals surface area contributed by atoms with E-state index in [2.05, 4.69) is 6.92 Å². The summed E-state index contributed by atoms with van der Waals surface area (Å²) in [6.07, 6.45) is 2.84. The van der Waals surface area contributed by atoms with Crippen LogP contribution in [0.15, 0.2) is 23.1 Å². The zero-order chi connectivity index (χ0) is 13.7. The van der Waals surface area contributed by atoms with Crippen LogP contribution in [-0.4, -0.2) is 18.3 Å². The molecule has 1 heterocycles. The molecule has 0 fully saturated rings. The van der Waals surface area contributed by atoms with Crippen molar-refractivity contribution in [2.45, 2.75) is 47.6 Å². The number of ether oxygens (including phenoxy) is 1. The first-order chi connectivity index (χ1) is 8.27. The van der Waals surface area contributed by atoms with Crippen LogP contribution >= 0.6 is 0 Å². The molecule has 0 bridgehead atoms. The summed E-state index contributed by atoms with van der Waals surface area (Å²) in [7, 11) is 1.63. The van der Waals surface area contributed by atoms with E-state index in [0.29, 0.717) is 13.2 Å². The standard InChI is InChI=1S/C10H15NO2.2C2H6/c1-3-9-4-5-10(12)11(8-9)6-7-13-2;2*1-2/h4-5,8H,3,6-7H2,1-2H3;2*1-2H3. The molecule has 1 aromatic heterocycles. The number of aryl methyl sites for hydroxylation is 1. The van der Waals surface area contributed by atoms with Gasteiger partial charge in [0.2, 0.25) is 0 Å². The van der Waals surface area contributed by atoms with Crippen LogP contribution < -0.4 is 5.56 Å². The van der Waals surface area contributed by atoms with Gasteiger partial charge in [-0.25, -0.2) is 0 Å². The minimum atomic E-state index is 0.0363. The summed E-state index contributed by atoms with van der Waals surface area (Å²) < 4.78 is 6.60. The molecule has 0 unspecified atom stereocenters. The number of aromatic nitrogens is 1. The zero-order valence-corrected chi connectivity index (χ0v) is 12.1. The maximum absolute atomic E-state index is 11.3. The fraction of sp³-hybridized carbons (Fsp3) is 0.643. The summed E-state index contributed by atoms with van der Waals surface area (Å²) in [6, 6.07) is 3.47. The van der Waals surface area contributed by atoms with E-state index < -0.39 is 0 Å². The fourth-order valence-electron chi connectivity index (χ4n) is 1.15. The quantitative estimate of drug-likeness (QED) is 0.811. The molecule has 0 atom stereocenters. The van der Waals surface area contributed by atoms with Gasteiger partial charge in [0.05, 0.1) is 6.61 Å². The van der Waals surface area contributed by atoms with Crippen molar-refractivity contribution in [1.82, 2.24) is 4.57 Å². The number of hydrogen-bond donors (Lipinski definition) is 0. The molecule has 1 rings (SSSR count). The molecule has 3 heteroatoms. The minimum absolute atomic E-state index is 0.0363. The Bertz CT molecular complexity index is 318. The molecule has 3 nitrogen and oxygen atoms in total. The Morgan fingerprint density at radius 3 is 2.24 bits per heavy atom. The summed E-state index contributed by atoms with van der Waals surface area (Å²) in [5.74, 6) is 0. The Morgan fingerprint density at radius 2 is 1.76 bits per heavy atom. The van der Waals surface area contributed by atoms with Crippen LogP contribution in [-0.2, 0) is 17.7 Å². The first-order valence-corrected chi connectivity index (χ1v) is 6.46. The SMILES string of the molecule is CC.CC.CCc1ccc(=O)n(CCOC)c1. The van der Waals surface area contributed by atoms with E-state index >= 15 is 0 Å². The van der Waals surface area contributed by atoms with Crippen LogP contribution in [0.2, 0.25) is 0 Å². The number of methoxy groups -OCH3 is 1. The number of pyridine rings is 1. The predicted molar refractivity (Wildman–Crippen MR) is 74.7 cm³/mol. The average molecular weight is 241 g/mol. The molecule has 0 aliphatic carbocycles. The predicted octanol–water partition coefficient (Wildman–Crippen LogP) is 3.11. The second-order valence-corrected chi connectivity index (χ2v) is 2.92. The molecule has 0 aliphatic heterocycles. The molecule has 0 saturated heterocycles. The van der Waals surface area contributed by atoms with Crippen LogP contribution in [0.3, 0.4) is 0 Å². The molecule has 100 valence electrons. The second-order valence-electron chi connectivity index (χ2n) is 2.92. The monoisotopic (exact) mass is 241 g/mol. The van der Waals surface area contributed by atoms with Crippen LogP contribution in [0.4, 0.5) is 0 Å². The first kappa shape index (κ1) is 18.3. The third-order valence-corrected chi connectivity index (χ3v) is 1.99. The molecule has 0 amide bonds. The van der Waals surface area contributed by atoms with Crippen molar-refractivity contribution >= 4 is 0 Å². The van der Waals surface area contributed by atoms with Crippen molar-refractivity contribution in [2.24, 2.45) is 0 Å². The molecule has 0 aliphatic rings. The Hall–Kier alpha value is -1.09. The highest BCUT2D eigenvalue weighted by atomic mass is 16.5. The van der Waals surface area contributed by atoms with E-state index in [9.17, 15) is 4.79 Å². The van der Waals surface area contributed by atoms with Gasteiger partial charge in [-0.15, -0.1) is 0 Å². The zero-order valence-electron chi connectivity index (χ0n) is 12.1. The van der Waals surface area contributed by atoms with Gasteiger partial charge in [0.15, 0.2) is 0 Å². The third kappa shape index (κ3) is 7.75. The van der Waals surface area contributed by atoms with Gasteiger partial charge in [0, 0.05) is 25.9 Å². The lowest BCUT2D eigenvalue weighted by Gasteiger charge is -2.05. The van der Waals surface area contributed by atoms with Gasteiger partial charge >= 0.3 is 0 Å². The Balaban J connectivity index is 0. The van der Waals surface area contributed by atoms with Gasteiger partial charge in [-0.1, -0.05) is 40.7 Å². The molecule has 0 saturated carbocycles. The highest BCUT2D eigenvalue weighted by molar-refractivity contribution is 5.09. The van der Waals surface area contributed by atoms with Gasteiger partial charge in [-0.2, -0.15) is 0 Å². The molecule has 0 spiro atoms. The highest BCUT2D eigenvalue weighted by Gasteiger charge is 1.96. The van der Waals surface area contributed by atoms with Crippen molar-refractivity contribution in [2.75, 3.05) is 13.7 Å². The maximum atomic E-state index is 11.3. The molecule has 17 heavy (non-hydrogen) atoms. The first-order valence-electron chi connectivity index (χ1n) is 6.46. The third-order valence-electron chi connectivity index (χ3n) is 1.99. The van der Waals surface area contributed by atoms with Crippen LogP contribution in [0, 0.1) is 0 Å². The van der Waals surface area contributed by atoms with Crippen molar-refractivity contribution in [1.29, 1.82) is 0 Å². The van der Waals surface area contributed by atoms with Crippen LogP contribution in [0.5, 0.6) is 0 Å². The summed E-state index contributed by atoms with van der Waals surface area (Å²) in [6.45, 7) is 11.3. The molecular weight excluding hydrogens is 214 g/mol. The topological polar surface area (TPSA) is 31.2 Å². The van der Waals surface area contributed by atoms with E-state index in [1.807, 2.05) is 40.0 Å². The van der Waals surface area contributed by atoms with E-state index in [-0.39, 0.29) is 5.56 Å². The summed E-state index contributed by atoms with van der Waals surface area (Å²) in [4.78, 5) is 11.3. The normalized spacial score (nSPS) is 8.59. The fourth-order valence-corrected chi connectivity index (χ4v) is 1.15. The Morgan fingerprint density at radius 1 is 1.18 bits per heavy atom. The Labute approximate surface area is 105 Å². The lowest BCUT2D eigenvalue weighted by atomic mass is 10.2. The average Bonchev–Trinajstić information content (AvgIpc) is 2.42. The van der Waals surface area contributed by atoms with Crippen molar-refractivity contribution < 1.29 is 4.74 Å². The van der Waals surface area contributed by atoms with Gasteiger partial charge in [0.1, 0.15) is 0 Å². The van der Waals surface area contributed by atoms with Crippen molar-refractivity contribution in [3.63, 3.8) is 0 Å². The molecular formula is C14H27NO2. The second kappa shape index (κ2) is 13.0. The minimum Gasteiger partial charge on any atom is -0.383 e. The van der Waals surface area contributed by atoms with Gasteiger partial charge < -0.3 is 9.30 Å². The molecule has 0 aromatic carbocycles. The number of hydrogen-bond acceptors (Lipinski definition) is 2.